The lowest BCUT2D eigenvalue weighted by molar-refractivity contribution is 0.104. The zero-order valence-corrected chi connectivity index (χ0v) is 14.4. The molecule has 26 heavy (non-hydrogen) atoms. The first-order valence-corrected chi connectivity index (χ1v) is 8.05. The van der Waals surface area contributed by atoms with Gasteiger partial charge in [-0.05, 0) is 68.5 Å². The van der Waals surface area contributed by atoms with Crippen LogP contribution < -0.4 is 4.74 Å². The van der Waals surface area contributed by atoms with E-state index in [9.17, 15) is 19.8 Å². The highest BCUT2D eigenvalue weighted by atomic mass is 16.5. The number of ether oxygens (including phenoxy) is 1. The third kappa shape index (κ3) is 3.37. The minimum atomic E-state index is -0.480. The number of allylic oxidation sites excluding steroid dienone is 1. The fourth-order valence-electron chi connectivity index (χ4n) is 2.67. The van der Waals surface area contributed by atoms with Crippen LogP contribution in [0.2, 0.25) is 0 Å². The number of phenols is 2. The van der Waals surface area contributed by atoms with E-state index in [1.165, 1.54) is 36.4 Å². The normalized spacial score (nSPS) is 14.7. The first-order valence-electron chi connectivity index (χ1n) is 8.05. The highest BCUT2D eigenvalue weighted by molar-refractivity contribution is 6.09. The molecule has 132 valence electrons. The van der Waals surface area contributed by atoms with Crippen molar-refractivity contribution in [1.82, 2.24) is 0 Å². The second kappa shape index (κ2) is 6.52. The molecule has 0 saturated carbocycles. The Morgan fingerprint density at radius 1 is 1.15 bits per heavy atom. The quantitative estimate of drug-likeness (QED) is 0.495. The Labute approximate surface area is 150 Å². The van der Waals surface area contributed by atoms with Gasteiger partial charge in [0.2, 0.25) is 0 Å². The van der Waals surface area contributed by atoms with Crippen LogP contribution in [0.4, 0.5) is 0 Å². The number of ketones is 1. The summed E-state index contributed by atoms with van der Waals surface area (Å²) in [5.41, 5.74) is 0.821. The van der Waals surface area contributed by atoms with E-state index in [0.29, 0.717) is 28.7 Å². The monoisotopic (exact) mass is 350 g/mol. The Morgan fingerprint density at radius 2 is 1.92 bits per heavy atom. The Balaban J connectivity index is 1.91. The van der Waals surface area contributed by atoms with Gasteiger partial charge in [-0.2, -0.15) is 0 Å². The van der Waals surface area contributed by atoms with Gasteiger partial charge in [0.15, 0.2) is 5.78 Å². The minimum Gasteiger partial charge on any atom is -0.507 e. The third-order valence-electron chi connectivity index (χ3n) is 4.07. The third-order valence-corrected chi connectivity index (χ3v) is 4.07. The van der Waals surface area contributed by atoms with Gasteiger partial charge >= 0.3 is 0 Å². The van der Waals surface area contributed by atoms with Crippen molar-refractivity contribution in [2.75, 3.05) is 0 Å². The molecule has 5 nitrogen and oxygen atoms in total. The zero-order valence-electron chi connectivity index (χ0n) is 14.4. The van der Waals surface area contributed by atoms with Gasteiger partial charge < -0.3 is 14.9 Å². The van der Waals surface area contributed by atoms with Crippen LogP contribution in [0.15, 0.2) is 42.5 Å². The van der Waals surface area contributed by atoms with E-state index in [-0.39, 0.29) is 17.1 Å². The van der Waals surface area contributed by atoms with Crippen molar-refractivity contribution >= 4 is 24.2 Å². The second-order valence-corrected chi connectivity index (χ2v) is 6.55. The molecule has 0 unspecified atom stereocenters. The average Bonchev–Trinajstić information content (AvgIpc) is 2.60. The van der Waals surface area contributed by atoms with E-state index < -0.39 is 11.4 Å². The molecule has 5 heteroatoms. The molecule has 0 atom stereocenters. The molecule has 2 N–H and O–H groups in total. The summed E-state index contributed by atoms with van der Waals surface area (Å²) in [4.78, 5) is 23.3. The van der Waals surface area contributed by atoms with Crippen LogP contribution in [0.3, 0.4) is 0 Å². The number of rotatable bonds is 4. The number of hydrogen-bond acceptors (Lipinski definition) is 5. The largest absolute Gasteiger partial charge is 0.507 e. The van der Waals surface area contributed by atoms with Crippen LogP contribution in [0.25, 0.3) is 12.2 Å². The van der Waals surface area contributed by atoms with Crippen LogP contribution in [0.5, 0.6) is 17.2 Å². The summed E-state index contributed by atoms with van der Waals surface area (Å²) in [5.74, 6) is -0.131. The lowest BCUT2D eigenvalue weighted by Crippen LogP contribution is -2.27. The van der Waals surface area contributed by atoms with Crippen molar-refractivity contribution in [1.29, 1.82) is 0 Å². The Hall–Kier alpha value is -3.34. The van der Waals surface area contributed by atoms with Crippen LogP contribution in [0.1, 0.15) is 45.7 Å². The molecule has 3 rings (SSSR count). The molecule has 0 aromatic heterocycles. The maximum Gasteiger partial charge on any atom is 0.189 e. The van der Waals surface area contributed by atoms with E-state index in [1.807, 2.05) is 19.9 Å². The van der Waals surface area contributed by atoms with Crippen molar-refractivity contribution in [3.63, 3.8) is 0 Å². The molecule has 1 aliphatic heterocycles. The van der Waals surface area contributed by atoms with Gasteiger partial charge in [-0.25, -0.2) is 0 Å². The fraction of sp³-hybridized carbons (Fsp3) is 0.143. The predicted molar refractivity (Wildman–Crippen MR) is 98.7 cm³/mol. The van der Waals surface area contributed by atoms with E-state index in [4.69, 9.17) is 4.74 Å². The summed E-state index contributed by atoms with van der Waals surface area (Å²) >= 11 is 0. The van der Waals surface area contributed by atoms with E-state index >= 15 is 0 Å². The highest BCUT2D eigenvalue weighted by Gasteiger charge is 2.25. The van der Waals surface area contributed by atoms with Crippen molar-refractivity contribution < 1.29 is 24.5 Å². The SMILES string of the molecule is CC1(C)C=Cc2c(ccc(C(=O)/C=C/c3cc(C=O)ccc3O)c2O)O1. The maximum atomic E-state index is 12.5. The van der Waals surface area contributed by atoms with Gasteiger partial charge in [-0.1, -0.05) is 0 Å². The van der Waals surface area contributed by atoms with Gasteiger partial charge in [-0.15, -0.1) is 0 Å². The van der Waals surface area contributed by atoms with Crippen molar-refractivity contribution in [2.45, 2.75) is 19.4 Å². The molecule has 0 spiro atoms. The number of aldehydes is 1. The molecule has 2 aromatic carbocycles. The molecule has 1 aliphatic rings. The molecule has 0 saturated heterocycles. The lowest BCUT2D eigenvalue weighted by atomic mass is 9.98. The first kappa shape index (κ1) is 17.5. The number of carbonyl (C=O) groups excluding carboxylic acids is 2. The topological polar surface area (TPSA) is 83.8 Å². The molecule has 0 radical (unpaired) electrons. The Kier molecular flexibility index (Phi) is 4.38. The number of aromatic hydroxyl groups is 2. The molecule has 0 bridgehead atoms. The fourth-order valence-corrected chi connectivity index (χ4v) is 2.67. The van der Waals surface area contributed by atoms with Crippen molar-refractivity contribution in [2.24, 2.45) is 0 Å². The number of carbonyl (C=O) groups is 2. The number of fused-ring (bicyclic) bond motifs is 1. The van der Waals surface area contributed by atoms with E-state index in [0.717, 1.165) is 0 Å². The van der Waals surface area contributed by atoms with Crippen molar-refractivity contribution in [3.8, 4) is 17.2 Å². The van der Waals surface area contributed by atoms with Gasteiger partial charge in [0, 0.05) is 11.1 Å². The smallest absolute Gasteiger partial charge is 0.189 e. The first-order chi connectivity index (χ1) is 12.3. The summed E-state index contributed by atoms with van der Waals surface area (Å²) in [6.07, 6.45) is 6.83. The van der Waals surface area contributed by atoms with Crippen LogP contribution in [0, 0.1) is 0 Å². The van der Waals surface area contributed by atoms with Gasteiger partial charge in [0.25, 0.3) is 0 Å². The summed E-state index contributed by atoms with van der Waals surface area (Å²) in [5, 5.41) is 20.2. The highest BCUT2D eigenvalue weighted by Crippen LogP contribution is 2.38. The second-order valence-electron chi connectivity index (χ2n) is 6.55. The zero-order chi connectivity index (χ0) is 18.9. The average molecular weight is 350 g/mol. The standard InChI is InChI=1S/C21H18O5/c1-21(2)10-9-16-19(26-21)8-5-15(20(16)25)18(24)7-4-14-11-13(12-22)3-6-17(14)23/h3-12,23,25H,1-2H3/b7-4+. The predicted octanol–water partition coefficient (Wildman–Crippen LogP) is 3.99. The van der Waals surface area contributed by atoms with Crippen LogP contribution >= 0.6 is 0 Å². The number of hydrogen-bond donors (Lipinski definition) is 2. The van der Waals surface area contributed by atoms with Crippen LogP contribution in [-0.4, -0.2) is 27.9 Å². The van der Waals surface area contributed by atoms with Gasteiger partial charge in [0.1, 0.15) is 29.1 Å². The Morgan fingerprint density at radius 3 is 2.65 bits per heavy atom. The maximum absolute atomic E-state index is 12.5. The molecular formula is C21H18O5. The summed E-state index contributed by atoms with van der Waals surface area (Å²) in [6, 6.07) is 7.47. The minimum absolute atomic E-state index is 0.0483. The Bertz CT molecular complexity index is 951. The molecule has 1 heterocycles. The van der Waals surface area contributed by atoms with Gasteiger partial charge in [-0.3, -0.25) is 9.59 Å². The van der Waals surface area contributed by atoms with Crippen molar-refractivity contribution in [3.05, 3.63) is 64.7 Å². The summed E-state index contributed by atoms with van der Waals surface area (Å²) < 4.78 is 5.76. The van der Waals surface area contributed by atoms with Crippen LogP contribution in [-0.2, 0) is 0 Å². The van der Waals surface area contributed by atoms with E-state index in [2.05, 4.69) is 0 Å². The van der Waals surface area contributed by atoms with Gasteiger partial charge in [0.05, 0.1) is 11.1 Å². The number of benzene rings is 2. The van der Waals surface area contributed by atoms with E-state index in [1.54, 1.807) is 12.1 Å². The molecule has 0 amide bonds. The lowest BCUT2D eigenvalue weighted by Gasteiger charge is -2.28. The molecule has 2 aromatic rings. The number of phenolic OH excluding ortho intramolecular Hbond substituents is 2. The molecular weight excluding hydrogens is 332 g/mol. The molecule has 0 fully saturated rings. The summed E-state index contributed by atoms with van der Waals surface area (Å²) in [7, 11) is 0. The molecule has 0 aliphatic carbocycles. The summed E-state index contributed by atoms with van der Waals surface area (Å²) in [6.45, 7) is 3.79.